The fourth-order valence-electron chi connectivity index (χ4n) is 4.00. The molecule has 2 aliphatic rings. The van der Waals surface area contributed by atoms with Crippen molar-refractivity contribution < 1.29 is 9.59 Å². The van der Waals surface area contributed by atoms with Crippen molar-refractivity contribution in [3.63, 3.8) is 0 Å². The van der Waals surface area contributed by atoms with E-state index in [9.17, 15) is 9.59 Å². The Hall–Kier alpha value is -2.08. The van der Waals surface area contributed by atoms with Gasteiger partial charge in [-0.25, -0.2) is 4.79 Å². The minimum absolute atomic E-state index is 0.0190. The molecule has 0 radical (unpaired) electrons. The van der Waals surface area contributed by atoms with Gasteiger partial charge in [0.25, 0.3) is 0 Å². The van der Waals surface area contributed by atoms with Crippen LogP contribution in [-0.4, -0.2) is 61.0 Å². The minimum Gasteiger partial charge on any atom is -0.354 e. The zero-order chi connectivity index (χ0) is 19.2. The molecule has 2 saturated heterocycles. The zero-order valence-corrected chi connectivity index (χ0v) is 16.5. The molecule has 6 nitrogen and oxygen atoms in total. The molecule has 0 aromatic heterocycles. The maximum atomic E-state index is 12.7. The lowest BCUT2D eigenvalue weighted by Gasteiger charge is -2.38. The molecule has 3 rings (SSSR count). The predicted molar refractivity (Wildman–Crippen MR) is 106 cm³/mol. The Morgan fingerprint density at radius 3 is 2.70 bits per heavy atom. The number of hydrogen-bond donors (Lipinski definition) is 2. The van der Waals surface area contributed by atoms with Gasteiger partial charge in [-0.2, -0.15) is 0 Å². The zero-order valence-electron chi connectivity index (χ0n) is 16.5. The molecule has 1 aromatic carbocycles. The molecule has 0 spiro atoms. The molecular formula is C21H32N4O2. The average molecular weight is 373 g/mol. The number of carbonyl (C=O) groups excluding carboxylic acids is 2. The van der Waals surface area contributed by atoms with Crippen molar-refractivity contribution in [3.8, 4) is 0 Å². The third-order valence-electron chi connectivity index (χ3n) is 5.85. The number of hydrogen-bond acceptors (Lipinski definition) is 3. The highest BCUT2D eigenvalue weighted by molar-refractivity contribution is 5.79. The van der Waals surface area contributed by atoms with Crippen LogP contribution in [0.2, 0.25) is 0 Å². The van der Waals surface area contributed by atoms with Gasteiger partial charge >= 0.3 is 6.03 Å². The average Bonchev–Trinajstić information content (AvgIpc) is 2.89. The second-order valence-electron chi connectivity index (χ2n) is 7.86. The molecule has 3 amide bonds. The number of aryl methyl sites for hydroxylation is 1. The fraction of sp³-hybridized carbons (Fsp3) is 0.619. The van der Waals surface area contributed by atoms with Crippen molar-refractivity contribution in [2.24, 2.45) is 5.92 Å². The van der Waals surface area contributed by atoms with Crippen LogP contribution in [-0.2, 0) is 4.79 Å². The highest BCUT2D eigenvalue weighted by Gasteiger charge is 2.27. The number of nitrogens with zero attached hydrogens (tertiary/aromatic N) is 2. The standard InChI is InChI=1S/C21H32N4O2/c1-16-7-11-24(12-8-16)19(18-6-4-3-5-17(18)2)15-23-21(27)25-13-9-20(26)22-10-14-25/h3-6,16,19H,7-15H2,1-2H3,(H,22,26)(H,23,27). The summed E-state index contributed by atoms with van der Waals surface area (Å²) in [7, 11) is 0. The number of nitrogens with one attached hydrogen (secondary N) is 2. The van der Waals surface area contributed by atoms with Crippen LogP contribution >= 0.6 is 0 Å². The van der Waals surface area contributed by atoms with E-state index in [1.54, 1.807) is 4.90 Å². The van der Waals surface area contributed by atoms with E-state index in [1.165, 1.54) is 24.0 Å². The molecule has 0 saturated carbocycles. The minimum atomic E-state index is -0.0736. The van der Waals surface area contributed by atoms with Crippen molar-refractivity contribution >= 4 is 11.9 Å². The summed E-state index contributed by atoms with van der Waals surface area (Å²) in [5, 5.41) is 5.95. The lowest BCUT2D eigenvalue weighted by atomic mass is 9.94. The molecule has 2 heterocycles. The summed E-state index contributed by atoms with van der Waals surface area (Å²) >= 11 is 0. The highest BCUT2D eigenvalue weighted by atomic mass is 16.2. The molecule has 6 heteroatoms. The number of rotatable bonds is 4. The third-order valence-corrected chi connectivity index (χ3v) is 5.85. The van der Waals surface area contributed by atoms with E-state index < -0.39 is 0 Å². The SMILES string of the molecule is Cc1ccccc1C(CNC(=O)N1CCNC(=O)CC1)N1CCC(C)CC1. The van der Waals surface area contributed by atoms with E-state index >= 15 is 0 Å². The molecule has 1 unspecified atom stereocenters. The van der Waals surface area contributed by atoms with Crippen molar-refractivity contribution in [2.45, 2.75) is 39.2 Å². The Balaban J connectivity index is 1.67. The number of carbonyl (C=O) groups is 2. The molecular weight excluding hydrogens is 340 g/mol. The van der Waals surface area contributed by atoms with Gasteiger partial charge in [-0.05, 0) is 49.9 Å². The molecule has 1 atom stereocenters. The van der Waals surface area contributed by atoms with E-state index in [2.05, 4.69) is 53.6 Å². The van der Waals surface area contributed by atoms with Gasteiger partial charge in [0.15, 0.2) is 0 Å². The van der Waals surface area contributed by atoms with Crippen LogP contribution in [0.1, 0.15) is 43.4 Å². The van der Waals surface area contributed by atoms with E-state index in [0.717, 1.165) is 19.0 Å². The Morgan fingerprint density at radius 1 is 1.22 bits per heavy atom. The lowest BCUT2D eigenvalue weighted by molar-refractivity contribution is -0.120. The van der Waals surface area contributed by atoms with Gasteiger partial charge in [0, 0.05) is 32.6 Å². The first kappa shape index (κ1) is 19.7. The van der Waals surface area contributed by atoms with Gasteiger partial charge in [0.05, 0.1) is 6.04 Å². The van der Waals surface area contributed by atoms with Gasteiger partial charge in [0.1, 0.15) is 0 Å². The van der Waals surface area contributed by atoms with Crippen molar-refractivity contribution in [2.75, 3.05) is 39.3 Å². The van der Waals surface area contributed by atoms with Gasteiger partial charge in [-0.1, -0.05) is 31.2 Å². The summed E-state index contributed by atoms with van der Waals surface area (Å²) in [5.74, 6) is 0.793. The van der Waals surface area contributed by atoms with Crippen LogP contribution in [0.15, 0.2) is 24.3 Å². The summed E-state index contributed by atoms with van der Waals surface area (Å²) < 4.78 is 0. The molecule has 2 aliphatic heterocycles. The van der Waals surface area contributed by atoms with Gasteiger partial charge in [-0.3, -0.25) is 9.69 Å². The maximum absolute atomic E-state index is 12.7. The van der Waals surface area contributed by atoms with E-state index in [-0.39, 0.29) is 18.0 Å². The van der Waals surface area contributed by atoms with E-state index in [4.69, 9.17) is 0 Å². The molecule has 1 aromatic rings. The smallest absolute Gasteiger partial charge is 0.317 e. The first-order valence-corrected chi connectivity index (χ1v) is 10.1. The summed E-state index contributed by atoms with van der Waals surface area (Å²) in [6.45, 7) is 8.75. The largest absolute Gasteiger partial charge is 0.354 e. The van der Waals surface area contributed by atoms with Crippen LogP contribution in [0.4, 0.5) is 4.79 Å². The summed E-state index contributed by atoms with van der Waals surface area (Å²) in [4.78, 5) is 28.4. The van der Waals surface area contributed by atoms with E-state index in [0.29, 0.717) is 32.6 Å². The van der Waals surface area contributed by atoms with Crippen molar-refractivity contribution in [3.05, 3.63) is 35.4 Å². The number of amides is 3. The quantitative estimate of drug-likeness (QED) is 0.852. The Labute approximate surface area is 162 Å². The molecule has 2 N–H and O–H groups in total. The summed E-state index contributed by atoms with van der Waals surface area (Å²) in [6.07, 6.45) is 2.78. The third kappa shape index (κ3) is 5.22. The summed E-state index contributed by atoms with van der Waals surface area (Å²) in [6, 6.07) is 8.58. The molecule has 0 bridgehead atoms. The first-order valence-electron chi connectivity index (χ1n) is 10.1. The lowest BCUT2D eigenvalue weighted by Crippen LogP contribution is -2.46. The molecule has 148 valence electrons. The van der Waals surface area contributed by atoms with Crippen LogP contribution in [0.25, 0.3) is 0 Å². The number of benzene rings is 1. The van der Waals surface area contributed by atoms with Gasteiger partial charge in [0.2, 0.25) is 5.91 Å². The topological polar surface area (TPSA) is 64.7 Å². The summed E-state index contributed by atoms with van der Waals surface area (Å²) in [5.41, 5.74) is 2.56. The normalized spacial score (nSPS) is 20.7. The monoisotopic (exact) mass is 372 g/mol. The molecule has 27 heavy (non-hydrogen) atoms. The predicted octanol–water partition coefficient (Wildman–Crippen LogP) is 2.30. The Morgan fingerprint density at radius 2 is 1.96 bits per heavy atom. The van der Waals surface area contributed by atoms with Gasteiger partial charge < -0.3 is 15.5 Å². The maximum Gasteiger partial charge on any atom is 0.317 e. The fourth-order valence-corrected chi connectivity index (χ4v) is 4.00. The van der Waals surface area contributed by atoms with Crippen molar-refractivity contribution in [1.82, 2.24) is 20.4 Å². The molecule has 2 fully saturated rings. The highest BCUT2D eigenvalue weighted by Crippen LogP contribution is 2.28. The van der Waals surface area contributed by atoms with Gasteiger partial charge in [-0.15, -0.1) is 0 Å². The van der Waals surface area contributed by atoms with Crippen molar-refractivity contribution in [1.29, 1.82) is 0 Å². The van der Waals surface area contributed by atoms with Crippen LogP contribution in [0.3, 0.4) is 0 Å². The number of urea groups is 1. The molecule has 0 aliphatic carbocycles. The first-order chi connectivity index (χ1) is 13.0. The second-order valence-corrected chi connectivity index (χ2v) is 7.86. The number of piperidine rings is 1. The Bertz CT molecular complexity index is 655. The van der Waals surface area contributed by atoms with Crippen LogP contribution in [0, 0.1) is 12.8 Å². The number of likely N-dealkylation sites (tertiary alicyclic amines) is 1. The van der Waals surface area contributed by atoms with E-state index in [1.807, 2.05) is 0 Å². The Kier molecular flexibility index (Phi) is 6.72. The van der Waals surface area contributed by atoms with Crippen LogP contribution in [0.5, 0.6) is 0 Å². The van der Waals surface area contributed by atoms with Crippen LogP contribution < -0.4 is 10.6 Å². The second kappa shape index (κ2) is 9.22.